The highest BCUT2D eigenvalue weighted by Gasteiger charge is 2.23. The SMILES string of the molecule is N#Cc1cc2cnc(Nc3nc4ccc(N5CCNCC5)cc4s3)nc2n(C2CCCC2)c1=O. The molecule has 10 heteroatoms. The molecule has 6 rings (SSSR count). The molecule has 1 aliphatic carbocycles. The zero-order valence-corrected chi connectivity index (χ0v) is 19.4. The van der Waals surface area contributed by atoms with Crippen LogP contribution in [0, 0.1) is 11.3 Å². The summed E-state index contributed by atoms with van der Waals surface area (Å²) >= 11 is 1.56. The minimum absolute atomic E-state index is 0.0666. The Morgan fingerprint density at radius 2 is 1.97 bits per heavy atom. The van der Waals surface area contributed by atoms with E-state index in [0.29, 0.717) is 22.1 Å². The van der Waals surface area contributed by atoms with Gasteiger partial charge in [0.25, 0.3) is 5.56 Å². The summed E-state index contributed by atoms with van der Waals surface area (Å²) in [5, 5.41) is 17.5. The number of hydrogen-bond donors (Lipinski definition) is 2. The topological polar surface area (TPSA) is 112 Å². The van der Waals surface area contributed by atoms with Crippen LogP contribution >= 0.6 is 11.3 Å². The smallest absolute Gasteiger partial charge is 0.270 e. The molecule has 9 nitrogen and oxygen atoms in total. The van der Waals surface area contributed by atoms with Crippen molar-refractivity contribution in [2.24, 2.45) is 0 Å². The Labute approximate surface area is 200 Å². The molecule has 4 aromatic rings. The zero-order chi connectivity index (χ0) is 23.1. The van der Waals surface area contributed by atoms with E-state index in [2.05, 4.69) is 38.7 Å². The van der Waals surface area contributed by atoms with E-state index >= 15 is 0 Å². The van der Waals surface area contributed by atoms with E-state index in [-0.39, 0.29) is 17.2 Å². The quantitative estimate of drug-likeness (QED) is 0.464. The van der Waals surface area contributed by atoms with Gasteiger partial charge in [0.15, 0.2) is 5.13 Å². The van der Waals surface area contributed by atoms with Crippen LogP contribution in [0.3, 0.4) is 0 Å². The number of piperazine rings is 1. The number of nitrogens with zero attached hydrogens (tertiary/aromatic N) is 6. The number of fused-ring (bicyclic) bond motifs is 2. The van der Waals surface area contributed by atoms with E-state index in [1.165, 1.54) is 5.69 Å². The fourth-order valence-electron chi connectivity index (χ4n) is 4.94. The number of aromatic nitrogens is 4. The second-order valence-electron chi connectivity index (χ2n) is 8.79. The van der Waals surface area contributed by atoms with Crippen molar-refractivity contribution in [3.05, 3.63) is 46.4 Å². The van der Waals surface area contributed by atoms with Crippen LogP contribution in [0.1, 0.15) is 37.3 Å². The molecule has 4 heterocycles. The molecule has 0 spiro atoms. The summed E-state index contributed by atoms with van der Waals surface area (Å²) in [7, 11) is 0. The third-order valence-electron chi connectivity index (χ3n) is 6.66. The van der Waals surface area contributed by atoms with Crippen molar-refractivity contribution >= 4 is 49.4 Å². The summed E-state index contributed by atoms with van der Waals surface area (Å²) in [4.78, 5) is 29.2. The summed E-state index contributed by atoms with van der Waals surface area (Å²) in [5.74, 6) is 0.393. The number of rotatable bonds is 4. The molecule has 172 valence electrons. The number of hydrogen-bond acceptors (Lipinski definition) is 9. The van der Waals surface area contributed by atoms with Gasteiger partial charge in [0.1, 0.15) is 17.3 Å². The minimum atomic E-state index is -0.271. The van der Waals surface area contributed by atoms with Crippen molar-refractivity contribution in [1.29, 1.82) is 5.26 Å². The standard InChI is InChI=1S/C24H24N8OS/c25-13-15-11-16-14-27-23(29-21(16)32(22(15)33)17-3-1-2-4-17)30-24-28-19-6-5-18(12-20(19)34-24)31-9-7-26-8-10-31/h5-6,11-12,14,17,26H,1-4,7-10H2,(H,27,28,29,30). The van der Waals surface area contributed by atoms with Crippen LogP contribution in [-0.2, 0) is 0 Å². The minimum Gasteiger partial charge on any atom is -0.369 e. The molecule has 1 saturated carbocycles. The van der Waals surface area contributed by atoms with Gasteiger partial charge in [0, 0.05) is 49.5 Å². The normalized spacial score (nSPS) is 16.9. The zero-order valence-electron chi connectivity index (χ0n) is 18.6. The Morgan fingerprint density at radius 1 is 1.15 bits per heavy atom. The molecule has 2 aliphatic rings. The number of anilines is 3. The van der Waals surface area contributed by atoms with Crippen molar-refractivity contribution in [2.45, 2.75) is 31.7 Å². The lowest BCUT2D eigenvalue weighted by atomic mass is 10.2. The first-order valence-corrected chi connectivity index (χ1v) is 12.5. The van der Waals surface area contributed by atoms with Gasteiger partial charge in [-0.25, -0.2) is 9.97 Å². The lowest BCUT2D eigenvalue weighted by Crippen LogP contribution is -2.43. The van der Waals surface area contributed by atoms with Gasteiger partial charge in [-0.3, -0.25) is 14.7 Å². The van der Waals surface area contributed by atoms with Gasteiger partial charge in [-0.2, -0.15) is 10.2 Å². The third kappa shape index (κ3) is 3.77. The average molecular weight is 473 g/mol. The van der Waals surface area contributed by atoms with E-state index in [9.17, 15) is 10.1 Å². The molecule has 2 fully saturated rings. The van der Waals surface area contributed by atoms with Crippen molar-refractivity contribution in [3.8, 4) is 6.07 Å². The van der Waals surface area contributed by atoms with Crippen molar-refractivity contribution < 1.29 is 0 Å². The molecule has 0 bridgehead atoms. The number of pyridine rings is 1. The molecule has 1 saturated heterocycles. The molecule has 0 radical (unpaired) electrons. The Morgan fingerprint density at radius 3 is 2.76 bits per heavy atom. The molecule has 1 aromatic carbocycles. The van der Waals surface area contributed by atoms with E-state index < -0.39 is 0 Å². The first-order chi connectivity index (χ1) is 16.7. The maximum atomic E-state index is 13.0. The molecular formula is C24H24N8OS. The lowest BCUT2D eigenvalue weighted by Gasteiger charge is -2.29. The summed E-state index contributed by atoms with van der Waals surface area (Å²) in [6.07, 6.45) is 5.67. The van der Waals surface area contributed by atoms with Crippen LogP contribution in [0.5, 0.6) is 0 Å². The maximum Gasteiger partial charge on any atom is 0.270 e. The predicted octanol–water partition coefficient (Wildman–Crippen LogP) is 3.54. The molecule has 0 atom stereocenters. The Hall–Kier alpha value is -3.55. The van der Waals surface area contributed by atoms with Gasteiger partial charge < -0.3 is 10.2 Å². The number of thiazole rings is 1. The van der Waals surface area contributed by atoms with Crippen LogP contribution in [-0.4, -0.2) is 45.7 Å². The molecule has 3 aromatic heterocycles. The second kappa shape index (κ2) is 8.66. The molecule has 0 amide bonds. The van der Waals surface area contributed by atoms with Gasteiger partial charge in [-0.05, 0) is 37.1 Å². The summed E-state index contributed by atoms with van der Waals surface area (Å²) in [6.45, 7) is 3.98. The fraction of sp³-hybridized carbons (Fsp3) is 0.375. The molecule has 0 unspecified atom stereocenters. The first-order valence-electron chi connectivity index (χ1n) is 11.7. The van der Waals surface area contributed by atoms with Crippen molar-refractivity contribution in [2.75, 3.05) is 36.4 Å². The molecule has 2 N–H and O–H groups in total. The summed E-state index contributed by atoms with van der Waals surface area (Å²) in [6, 6.07) is 10.0. The van der Waals surface area contributed by atoms with Crippen LogP contribution in [0.25, 0.3) is 21.3 Å². The van der Waals surface area contributed by atoms with Crippen LogP contribution in [0.4, 0.5) is 16.8 Å². The largest absolute Gasteiger partial charge is 0.369 e. The third-order valence-corrected chi connectivity index (χ3v) is 7.59. The van der Waals surface area contributed by atoms with Gasteiger partial charge in [0.05, 0.1) is 10.2 Å². The molecule has 1 aliphatic heterocycles. The summed E-state index contributed by atoms with van der Waals surface area (Å²) in [5.41, 5.74) is 2.56. The second-order valence-corrected chi connectivity index (χ2v) is 9.82. The Balaban J connectivity index is 1.35. The summed E-state index contributed by atoms with van der Waals surface area (Å²) < 4.78 is 2.80. The van der Waals surface area contributed by atoms with Gasteiger partial charge in [0.2, 0.25) is 5.95 Å². The average Bonchev–Trinajstić information content (AvgIpc) is 3.53. The fourth-order valence-corrected chi connectivity index (χ4v) is 5.84. The van der Waals surface area contributed by atoms with Gasteiger partial charge in [-0.15, -0.1) is 0 Å². The molecular weight excluding hydrogens is 448 g/mol. The highest BCUT2D eigenvalue weighted by Crippen LogP contribution is 2.33. The first kappa shape index (κ1) is 21.0. The Kier molecular flexibility index (Phi) is 5.36. The maximum absolute atomic E-state index is 13.0. The number of benzene rings is 1. The van der Waals surface area contributed by atoms with Gasteiger partial charge in [-0.1, -0.05) is 24.2 Å². The monoisotopic (exact) mass is 472 g/mol. The lowest BCUT2D eigenvalue weighted by molar-refractivity contribution is 0.515. The van der Waals surface area contributed by atoms with Crippen LogP contribution in [0.15, 0.2) is 35.3 Å². The van der Waals surface area contributed by atoms with E-state index in [1.807, 2.05) is 6.07 Å². The number of nitriles is 1. The molecule has 34 heavy (non-hydrogen) atoms. The van der Waals surface area contributed by atoms with E-state index in [0.717, 1.165) is 62.1 Å². The number of nitrogens with one attached hydrogen (secondary N) is 2. The van der Waals surface area contributed by atoms with Crippen LogP contribution < -0.4 is 21.1 Å². The van der Waals surface area contributed by atoms with Crippen LogP contribution in [0.2, 0.25) is 0 Å². The van der Waals surface area contributed by atoms with E-state index in [4.69, 9.17) is 9.97 Å². The van der Waals surface area contributed by atoms with E-state index in [1.54, 1.807) is 28.2 Å². The van der Waals surface area contributed by atoms with Crippen molar-refractivity contribution in [3.63, 3.8) is 0 Å². The Bertz CT molecular complexity index is 1470. The highest BCUT2D eigenvalue weighted by atomic mass is 32.1. The van der Waals surface area contributed by atoms with Gasteiger partial charge >= 0.3 is 0 Å². The highest BCUT2D eigenvalue weighted by molar-refractivity contribution is 7.22. The van der Waals surface area contributed by atoms with Crippen molar-refractivity contribution in [1.82, 2.24) is 24.8 Å². The predicted molar refractivity (Wildman–Crippen MR) is 134 cm³/mol.